The van der Waals surface area contributed by atoms with Crippen molar-refractivity contribution in [1.82, 2.24) is 9.97 Å². The Balaban J connectivity index is 1.76. The Morgan fingerprint density at radius 2 is 1.08 bits per heavy atom. The molecule has 0 N–H and O–H groups in total. The number of ether oxygens (including phenoxy) is 2. The Labute approximate surface area is 212 Å². The molecule has 0 saturated carbocycles. The van der Waals surface area contributed by atoms with E-state index < -0.39 is 0 Å². The minimum Gasteiger partial charge on any atom is -0.496 e. The van der Waals surface area contributed by atoms with Crippen molar-refractivity contribution in [2.45, 2.75) is 12.8 Å². The van der Waals surface area contributed by atoms with Crippen molar-refractivity contribution in [3.63, 3.8) is 0 Å². The van der Waals surface area contributed by atoms with Gasteiger partial charge in [-0.15, -0.1) is 0 Å². The molecule has 0 aliphatic heterocycles. The SMILES string of the molecule is COc1ccc(-c2cccnc2)cc1C(c1ccc(C)cc1)c1cc(-c2cccnc2)ccc1OC. The van der Waals surface area contributed by atoms with Gasteiger partial charge in [0.1, 0.15) is 11.5 Å². The highest BCUT2D eigenvalue weighted by Crippen LogP contribution is 2.43. The molecule has 178 valence electrons. The summed E-state index contributed by atoms with van der Waals surface area (Å²) in [6, 6.07) is 29.4. The minimum atomic E-state index is -0.122. The molecule has 0 unspecified atom stereocenters. The van der Waals surface area contributed by atoms with Gasteiger partial charge in [-0.2, -0.15) is 0 Å². The predicted octanol–water partition coefficient (Wildman–Crippen LogP) is 7.32. The van der Waals surface area contributed by atoms with E-state index in [1.807, 2.05) is 36.7 Å². The van der Waals surface area contributed by atoms with E-state index in [0.717, 1.165) is 50.4 Å². The van der Waals surface area contributed by atoms with Crippen LogP contribution in [-0.4, -0.2) is 24.2 Å². The van der Waals surface area contributed by atoms with Crippen LogP contribution in [0.4, 0.5) is 0 Å². The molecule has 0 amide bonds. The van der Waals surface area contributed by atoms with Crippen LogP contribution < -0.4 is 9.47 Å². The predicted molar refractivity (Wildman–Crippen MR) is 145 cm³/mol. The van der Waals surface area contributed by atoms with Crippen molar-refractivity contribution in [3.05, 3.63) is 132 Å². The van der Waals surface area contributed by atoms with Crippen molar-refractivity contribution in [2.75, 3.05) is 14.2 Å². The van der Waals surface area contributed by atoms with E-state index in [4.69, 9.17) is 9.47 Å². The van der Waals surface area contributed by atoms with Crippen LogP contribution in [0.1, 0.15) is 28.2 Å². The standard InChI is InChI=1S/C32H28N2O2/c1-22-8-10-23(11-9-22)32(28-18-24(12-14-30(28)35-2)26-6-4-16-33-20-26)29-19-25(13-15-31(29)36-3)27-7-5-17-34-21-27/h4-21,32H,1-3H3. The number of aromatic nitrogens is 2. The van der Waals surface area contributed by atoms with Gasteiger partial charge >= 0.3 is 0 Å². The maximum absolute atomic E-state index is 5.91. The molecule has 0 atom stereocenters. The highest BCUT2D eigenvalue weighted by molar-refractivity contribution is 5.70. The van der Waals surface area contributed by atoms with Crippen molar-refractivity contribution in [1.29, 1.82) is 0 Å². The molecule has 5 aromatic rings. The maximum Gasteiger partial charge on any atom is 0.123 e. The summed E-state index contributed by atoms with van der Waals surface area (Å²) in [6.07, 6.45) is 7.35. The van der Waals surface area contributed by atoms with Crippen molar-refractivity contribution >= 4 is 0 Å². The fourth-order valence-corrected chi connectivity index (χ4v) is 4.63. The zero-order chi connectivity index (χ0) is 24.9. The second kappa shape index (κ2) is 10.4. The van der Waals surface area contributed by atoms with E-state index in [1.165, 1.54) is 5.56 Å². The zero-order valence-electron chi connectivity index (χ0n) is 20.7. The normalized spacial score (nSPS) is 10.9. The number of hydrogen-bond donors (Lipinski definition) is 0. The number of nitrogens with zero attached hydrogens (tertiary/aromatic N) is 2. The number of rotatable bonds is 7. The summed E-state index contributed by atoms with van der Waals surface area (Å²) < 4.78 is 11.8. The summed E-state index contributed by atoms with van der Waals surface area (Å²) in [7, 11) is 3.44. The van der Waals surface area contributed by atoms with Crippen molar-refractivity contribution in [3.8, 4) is 33.8 Å². The topological polar surface area (TPSA) is 44.2 Å². The van der Waals surface area contributed by atoms with Gasteiger partial charge in [0.05, 0.1) is 14.2 Å². The first-order valence-corrected chi connectivity index (χ1v) is 11.9. The average Bonchev–Trinajstić information content (AvgIpc) is 2.95. The Bertz CT molecular complexity index is 1360. The van der Waals surface area contributed by atoms with Gasteiger partial charge < -0.3 is 9.47 Å². The van der Waals surface area contributed by atoms with Gasteiger partial charge in [0.25, 0.3) is 0 Å². The van der Waals surface area contributed by atoms with Crippen LogP contribution in [0.3, 0.4) is 0 Å². The van der Waals surface area contributed by atoms with E-state index in [9.17, 15) is 0 Å². The monoisotopic (exact) mass is 472 g/mol. The van der Waals surface area contributed by atoms with E-state index in [0.29, 0.717) is 0 Å². The average molecular weight is 473 g/mol. The zero-order valence-corrected chi connectivity index (χ0v) is 20.7. The number of hydrogen-bond acceptors (Lipinski definition) is 4. The smallest absolute Gasteiger partial charge is 0.123 e. The van der Waals surface area contributed by atoms with Crippen LogP contribution in [0.25, 0.3) is 22.3 Å². The Kier molecular flexibility index (Phi) is 6.76. The Morgan fingerprint density at radius 1 is 0.583 bits per heavy atom. The Hall–Kier alpha value is -4.44. The lowest BCUT2D eigenvalue weighted by molar-refractivity contribution is 0.402. The van der Waals surface area contributed by atoms with Gasteiger partial charge in [-0.05, 0) is 60.0 Å². The number of benzene rings is 3. The molecule has 0 spiro atoms. The first-order valence-electron chi connectivity index (χ1n) is 11.9. The summed E-state index contributed by atoms with van der Waals surface area (Å²) in [6.45, 7) is 2.10. The molecule has 2 aromatic heterocycles. The fourth-order valence-electron chi connectivity index (χ4n) is 4.63. The van der Waals surface area contributed by atoms with E-state index in [1.54, 1.807) is 26.6 Å². The Morgan fingerprint density at radius 3 is 1.50 bits per heavy atom. The lowest BCUT2D eigenvalue weighted by Crippen LogP contribution is -2.08. The molecule has 0 aliphatic carbocycles. The number of methoxy groups -OCH3 is 2. The molecule has 2 heterocycles. The number of pyridine rings is 2. The van der Waals surface area contributed by atoms with Crippen LogP contribution >= 0.6 is 0 Å². The van der Waals surface area contributed by atoms with Gasteiger partial charge in [0, 0.05) is 53.0 Å². The molecular formula is C32H28N2O2. The molecule has 0 saturated heterocycles. The van der Waals surface area contributed by atoms with Crippen molar-refractivity contribution in [2.24, 2.45) is 0 Å². The lowest BCUT2D eigenvalue weighted by atomic mass is 9.82. The molecule has 0 radical (unpaired) electrons. The summed E-state index contributed by atoms with van der Waals surface area (Å²) >= 11 is 0. The molecule has 0 bridgehead atoms. The molecule has 0 fully saturated rings. The highest BCUT2D eigenvalue weighted by atomic mass is 16.5. The van der Waals surface area contributed by atoms with E-state index in [-0.39, 0.29) is 5.92 Å². The van der Waals surface area contributed by atoms with Gasteiger partial charge in [-0.1, -0.05) is 54.1 Å². The lowest BCUT2D eigenvalue weighted by Gasteiger charge is -2.25. The molecular weight excluding hydrogens is 444 g/mol. The largest absolute Gasteiger partial charge is 0.496 e. The fraction of sp³-hybridized carbons (Fsp3) is 0.125. The third-order valence-electron chi connectivity index (χ3n) is 6.48. The van der Waals surface area contributed by atoms with E-state index in [2.05, 4.69) is 77.6 Å². The quantitative estimate of drug-likeness (QED) is 0.233. The van der Waals surface area contributed by atoms with Crippen molar-refractivity contribution < 1.29 is 9.47 Å². The molecule has 3 aromatic carbocycles. The van der Waals surface area contributed by atoms with Crippen LogP contribution in [-0.2, 0) is 0 Å². The van der Waals surface area contributed by atoms with E-state index >= 15 is 0 Å². The van der Waals surface area contributed by atoms with Crippen LogP contribution in [0.15, 0.2) is 110 Å². The van der Waals surface area contributed by atoms with Crippen LogP contribution in [0, 0.1) is 6.92 Å². The third-order valence-corrected chi connectivity index (χ3v) is 6.48. The third kappa shape index (κ3) is 4.71. The van der Waals surface area contributed by atoms with Crippen LogP contribution in [0.5, 0.6) is 11.5 Å². The second-order valence-electron chi connectivity index (χ2n) is 8.74. The van der Waals surface area contributed by atoms with Gasteiger partial charge in [0.2, 0.25) is 0 Å². The molecule has 36 heavy (non-hydrogen) atoms. The highest BCUT2D eigenvalue weighted by Gasteiger charge is 2.25. The summed E-state index contributed by atoms with van der Waals surface area (Å²) in [5, 5.41) is 0. The maximum atomic E-state index is 5.91. The summed E-state index contributed by atoms with van der Waals surface area (Å²) in [4.78, 5) is 8.64. The summed E-state index contributed by atoms with van der Waals surface area (Å²) in [5.74, 6) is 1.52. The van der Waals surface area contributed by atoms with Gasteiger partial charge in [-0.3, -0.25) is 9.97 Å². The summed E-state index contributed by atoms with van der Waals surface area (Å²) in [5.41, 5.74) is 8.76. The first kappa shape index (κ1) is 23.3. The molecule has 4 nitrogen and oxygen atoms in total. The molecule has 0 aliphatic rings. The first-order chi connectivity index (χ1) is 17.7. The van der Waals surface area contributed by atoms with Gasteiger partial charge in [-0.25, -0.2) is 0 Å². The second-order valence-corrected chi connectivity index (χ2v) is 8.74. The van der Waals surface area contributed by atoms with Gasteiger partial charge in [0.15, 0.2) is 0 Å². The minimum absolute atomic E-state index is 0.122. The number of aryl methyl sites for hydroxylation is 1. The molecule has 4 heteroatoms. The molecule has 5 rings (SSSR count). The van der Waals surface area contributed by atoms with Crippen LogP contribution in [0.2, 0.25) is 0 Å².